The van der Waals surface area contributed by atoms with E-state index in [9.17, 15) is 4.79 Å². The first-order valence-electron chi connectivity index (χ1n) is 5.82. The van der Waals surface area contributed by atoms with Crippen LogP contribution in [0.15, 0.2) is 23.0 Å². The molecule has 1 aliphatic rings. The van der Waals surface area contributed by atoms with Gasteiger partial charge in [0.25, 0.3) is 5.91 Å². The summed E-state index contributed by atoms with van der Waals surface area (Å²) in [6.07, 6.45) is 4.34. The number of rotatable bonds is 2. The van der Waals surface area contributed by atoms with E-state index in [2.05, 4.69) is 15.5 Å². The lowest BCUT2D eigenvalue weighted by atomic mass is 10.3. The normalized spacial score (nSPS) is 19.4. The van der Waals surface area contributed by atoms with Crippen molar-refractivity contribution < 1.29 is 9.32 Å². The van der Waals surface area contributed by atoms with Gasteiger partial charge in [-0.05, 0) is 13.3 Å². The third kappa shape index (κ3) is 1.87. The van der Waals surface area contributed by atoms with Crippen LogP contribution in [-0.2, 0) is 0 Å². The predicted molar refractivity (Wildman–Crippen MR) is 60.8 cm³/mol. The molecule has 1 saturated heterocycles. The maximum Gasteiger partial charge on any atom is 0.276 e. The average Bonchev–Trinajstić information content (AvgIpc) is 3.09. The minimum atomic E-state index is -0.0885. The molecule has 18 heavy (non-hydrogen) atoms. The second-order valence-corrected chi connectivity index (χ2v) is 4.40. The van der Waals surface area contributed by atoms with E-state index in [-0.39, 0.29) is 11.9 Å². The molecule has 0 saturated carbocycles. The number of aromatic nitrogens is 4. The van der Waals surface area contributed by atoms with E-state index in [1.807, 2.05) is 6.20 Å². The molecular weight excluding hydrogens is 234 g/mol. The lowest BCUT2D eigenvalue weighted by Gasteiger charge is -2.14. The van der Waals surface area contributed by atoms with Crippen LogP contribution in [0.4, 0.5) is 0 Å². The fraction of sp³-hybridized carbons (Fsp3) is 0.455. The zero-order valence-corrected chi connectivity index (χ0v) is 9.98. The summed E-state index contributed by atoms with van der Waals surface area (Å²) in [5.41, 5.74) is 0.367. The average molecular weight is 247 g/mol. The van der Waals surface area contributed by atoms with E-state index in [1.54, 1.807) is 28.8 Å². The second-order valence-electron chi connectivity index (χ2n) is 4.40. The Morgan fingerprint density at radius 2 is 2.44 bits per heavy atom. The molecule has 94 valence electrons. The number of nitrogens with zero attached hydrogens (tertiary/aromatic N) is 5. The van der Waals surface area contributed by atoms with Crippen LogP contribution >= 0.6 is 0 Å². The van der Waals surface area contributed by atoms with Crippen molar-refractivity contribution >= 4 is 5.91 Å². The van der Waals surface area contributed by atoms with Crippen molar-refractivity contribution in [2.24, 2.45) is 0 Å². The molecule has 0 unspecified atom stereocenters. The first-order chi connectivity index (χ1) is 8.74. The highest BCUT2D eigenvalue weighted by Gasteiger charge is 2.29. The van der Waals surface area contributed by atoms with E-state index < -0.39 is 0 Å². The van der Waals surface area contributed by atoms with Gasteiger partial charge in [-0.2, -0.15) is 0 Å². The smallest absolute Gasteiger partial charge is 0.276 e. The molecule has 0 aliphatic carbocycles. The summed E-state index contributed by atoms with van der Waals surface area (Å²) in [6, 6.07) is 1.86. The van der Waals surface area contributed by atoms with E-state index in [4.69, 9.17) is 4.52 Å². The molecule has 0 radical (unpaired) electrons. The standard InChI is InChI=1S/C11H13N5O2/c1-8-6-10(13-18-8)11(17)15-4-2-9(7-15)16-5-3-12-14-16/h3,5-6,9H,2,4,7H2,1H3/t9-/m1/s1. The largest absolute Gasteiger partial charge is 0.361 e. The summed E-state index contributed by atoms with van der Waals surface area (Å²) < 4.78 is 6.71. The SMILES string of the molecule is Cc1cc(C(=O)N2CC[C@@H](n3ccnn3)C2)no1. The third-order valence-corrected chi connectivity index (χ3v) is 3.11. The monoisotopic (exact) mass is 247 g/mol. The van der Waals surface area contributed by atoms with Gasteiger partial charge in [0.2, 0.25) is 0 Å². The van der Waals surface area contributed by atoms with Crippen LogP contribution in [0.2, 0.25) is 0 Å². The van der Waals surface area contributed by atoms with Gasteiger partial charge < -0.3 is 9.42 Å². The number of hydrogen-bond donors (Lipinski definition) is 0. The van der Waals surface area contributed by atoms with Gasteiger partial charge in [0.05, 0.1) is 12.2 Å². The molecule has 7 nitrogen and oxygen atoms in total. The van der Waals surface area contributed by atoms with Crippen molar-refractivity contribution in [2.45, 2.75) is 19.4 Å². The van der Waals surface area contributed by atoms with Gasteiger partial charge in [0, 0.05) is 25.4 Å². The van der Waals surface area contributed by atoms with Crippen LogP contribution in [0.3, 0.4) is 0 Å². The lowest BCUT2D eigenvalue weighted by Crippen LogP contribution is -2.29. The number of likely N-dealkylation sites (tertiary alicyclic amines) is 1. The summed E-state index contributed by atoms with van der Waals surface area (Å²) in [5.74, 6) is 0.555. The number of aryl methyl sites for hydroxylation is 1. The van der Waals surface area contributed by atoms with Gasteiger partial charge in [-0.1, -0.05) is 10.4 Å². The number of carbonyl (C=O) groups is 1. The Hall–Kier alpha value is -2.18. The Morgan fingerprint density at radius 1 is 1.56 bits per heavy atom. The molecule has 3 heterocycles. The van der Waals surface area contributed by atoms with Gasteiger partial charge in [-0.15, -0.1) is 5.10 Å². The zero-order valence-electron chi connectivity index (χ0n) is 9.98. The highest BCUT2D eigenvalue weighted by molar-refractivity contribution is 5.92. The van der Waals surface area contributed by atoms with Crippen molar-refractivity contribution in [1.82, 2.24) is 25.1 Å². The van der Waals surface area contributed by atoms with Crippen LogP contribution in [-0.4, -0.2) is 44.0 Å². The van der Waals surface area contributed by atoms with Crippen LogP contribution in [0.25, 0.3) is 0 Å². The highest BCUT2D eigenvalue weighted by Crippen LogP contribution is 2.21. The zero-order chi connectivity index (χ0) is 12.5. The minimum Gasteiger partial charge on any atom is -0.361 e. The van der Waals surface area contributed by atoms with Crippen molar-refractivity contribution in [3.05, 3.63) is 29.9 Å². The minimum absolute atomic E-state index is 0.0885. The fourth-order valence-electron chi connectivity index (χ4n) is 2.18. The molecule has 1 fully saturated rings. The van der Waals surface area contributed by atoms with Crippen molar-refractivity contribution in [3.63, 3.8) is 0 Å². The molecule has 2 aromatic rings. The first-order valence-corrected chi connectivity index (χ1v) is 5.82. The second kappa shape index (κ2) is 4.25. The van der Waals surface area contributed by atoms with E-state index in [0.717, 1.165) is 6.42 Å². The number of amides is 1. The molecular formula is C11H13N5O2. The third-order valence-electron chi connectivity index (χ3n) is 3.11. The topological polar surface area (TPSA) is 77.1 Å². The Bertz CT molecular complexity index is 548. The summed E-state index contributed by atoms with van der Waals surface area (Å²) in [6.45, 7) is 3.11. The number of carbonyl (C=O) groups excluding carboxylic acids is 1. The molecule has 3 rings (SSSR count). The van der Waals surface area contributed by atoms with Crippen LogP contribution in [0.1, 0.15) is 28.7 Å². The van der Waals surface area contributed by atoms with E-state index >= 15 is 0 Å². The fourth-order valence-corrected chi connectivity index (χ4v) is 2.18. The lowest BCUT2D eigenvalue weighted by molar-refractivity contribution is 0.0776. The summed E-state index contributed by atoms with van der Waals surface area (Å²) >= 11 is 0. The van der Waals surface area contributed by atoms with Gasteiger partial charge in [0.15, 0.2) is 5.69 Å². The van der Waals surface area contributed by atoms with Gasteiger partial charge in [-0.3, -0.25) is 4.79 Å². The maximum absolute atomic E-state index is 12.1. The molecule has 7 heteroatoms. The molecule has 0 N–H and O–H groups in total. The highest BCUT2D eigenvalue weighted by atomic mass is 16.5. The van der Waals surface area contributed by atoms with Crippen molar-refractivity contribution in [3.8, 4) is 0 Å². The summed E-state index contributed by atoms with van der Waals surface area (Å²) in [7, 11) is 0. The molecule has 2 aromatic heterocycles. The maximum atomic E-state index is 12.1. The van der Waals surface area contributed by atoms with Crippen LogP contribution < -0.4 is 0 Å². The number of hydrogen-bond acceptors (Lipinski definition) is 5. The molecule has 0 spiro atoms. The summed E-state index contributed by atoms with van der Waals surface area (Å²) in [4.78, 5) is 13.9. The molecule has 1 amide bonds. The predicted octanol–water partition coefficient (Wildman–Crippen LogP) is 0.662. The Kier molecular flexibility index (Phi) is 2.58. The van der Waals surface area contributed by atoms with E-state index in [0.29, 0.717) is 24.5 Å². The Morgan fingerprint density at radius 3 is 3.11 bits per heavy atom. The van der Waals surface area contributed by atoms with Gasteiger partial charge >= 0.3 is 0 Å². The van der Waals surface area contributed by atoms with Gasteiger partial charge in [0.1, 0.15) is 5.76 Å². The summed E-state index contributed by atoms with van der Waals surface area (Å²) in [5, 5.41) is 11.5. The first kappa shape index (κ1) is 10.9. The molecule has 1 atom stereocenters. The molecule has 0 aromatic carbocycles. The molecule has 1 aliphatic heterocycles. The van der Waals surface area contributed by atoms with Crippen molar-refractivity contribution in [2.75, 3.05) is 13.1 Å². The van der Waals surface area contributed by atoms with E-state index in [1.165, 1.54) is 0 Å². The van der Waals surface area contributed by atoms with Crippen molar-refractivity contribution in [1.29, 1.82) is 0 Å². The van der Waals surface area contributed by atoms with Gasteiger partial charge in [-0.25, -0.2) is 4.68 Å². The Labute approximate surface area is 103 Å². The Balaban J connectivity index is 1.70. The van der Waals surface area contributed by atoms with Crippen LogP contribution in [0, 0.1) is 6.92 Å². The van der Waals surface area contributed by atoms with Crippen LogP contribution in [0.5, 0.6) is 0 Å². The molecule has 0 bridgehead atoms. The quantitative estimate of drug-likeness (QED) is 0.779.